The Morgan fingerprint density at radius 2 is 1.76 bits per heavy atom. The van der Waals surface area contributed by atoms with E-state index >= 15 is 0 Å². The van der Waals surface area contributed by atoms with Gasteiger partial charge in [-0.25, -0.2) is 12.8 Å². The van der Waals surface area contributed by atoms with Gasteiger partial charge in [-0.15, -0.1) is 0 Å². The fourth-order valence-electron chi connectivity index (χ4n) is 2.36. The average molecular weight is 364 g/mol. The number of amides is 1. The molecule has 0 spiro atoms. The van der Waals surface area contributed by atoms with Crippen molar-refractivity contribution in [2.24, 2.45) is 0 Å². The van der Waals surface area contributed by atoms with E-state index in [1.165, 1.54) is 12.1 Å². The largest absolute Gasteiger partial charge is 0.325 e. The zero-order chi connectivity index (χ0) is 18.6. The van der Waals surface area contributed by atoms with E-state index in [9.17, 15) is 17.6 Å². The van der Waals surface area contributed by atoms with Crippen LogP contribution in [0.5, 0.6) is 0 Å². The van der Waals surface area contributed by atoms with Gasteiger partial charge in [0, 0.05) is 12.2 Å². The molecule has 2 aromatic carbocycles. The number of halogens is 1. The van der Waals surface area contributed by atoms with Crippen molar-refractivity contribution in [2.45, 2.75) is 25.7 Å². The van der Waals surface area contributed by atoms with Crippen molar-refractivity contribution < 1.29 is 17.6 Å². The fraction of sp³-hybridized carbons (Fsp3) is 0.278. The van der Waals surface area contributed by atoms with E-state index in [1.54, 1.807) is 13.0 Å². The molecule has 0 heterocycles. The summed E-state index contributed by atoms with van der Waals surface area (Å²) in [5.41, 5.74) is 2.62. The monoisotopic (exact) mass is 364 g/mol. The van der Waals surface area contributed by atoms with Crippen molar-refractivity contribution >= 4 is 21.6 Å². The minimum atomic E-state index is -3.87. The van der Waals surface area contributed by atoms with Crippen LogP contribution in [0.25, 0.3) is 0 Å². The molecule has 0 aromatic heterocycles. The molecule has 0 aliphatic rings. The summed E-state index contributed by atoms with van der Waals surface area (Å²) in [4.78, 5) is 12.3. The fourth-order valence-corrected chi connectivity index (χ4v) is 3.76. The van der Waals surface area contributed by atoms with Crippen LogP contribution in [-0.2, 0) is 14.8 Å². The molecular formula is C18H21FN2O3S. The topological polar surface area (TPSA) is 66.5 Å². The minimum absolute atomic E-state index is 0.0460. The number of aryl methyl sites for hydroxylation is 1. The molecule has 1 amide bonds. The van der Waals surface area contributed by atoms with Crippen LogP contribution >= 0.6 is 0 Å². The Kier molecular flexibility index (Phi) is 5.92. The Labute approximate surface area is 147 Å². The summed E-state index contributed by atoms with van der Waals surface area (Å²) in [6.07, 6.45) is 0. The SMILES string of the molecule is CCN(CC(=O)Nc1cccc(C)c1C)S(=O)(=O)c1ccc(F)cc1. The molecule has 5 nitrogen and oxygen atoms in total. The van der Waals surface area contributed by atoms with Gasteiger partial charge in [-0.05, 0) is 55.3 Å². The van der Waals surface area contributed by atoms with Crippen LogP contribution in [0, 0.1) is 19.7 Å². The Balaban J connectivity index is 2.17. The van der Waals surface area contributed by atoms with Gasteiger partial charge in [0.1, 0.15) is 5.82 Å². The predicted molar refractivity (Wildman–Crippen MR) is 95.4 cm³/mol. The highest BCUT2D eigenvalue weighted by molar-refractivity contribution is 7.89. The second kappa shape index (κ2) is 7.76. The van der Waals surface area contributed by atoms with Crippen LogP contribution < -0.4 is 5.32 Å². The molecule has 0 unspecified atom stereocenters. The number of sulfonamides is 1. The number of benzene rings is 2. The standard InChI is InChI=1S/C18H21FN2O3S/c1-4-21(25(23,24)16-10-8-15(19)9-11-16)12-18(22)20-17-7-5-6-13(2)14(17)3/h5-11H,4,12H2,1-3H3,(H,20,22). The van der Waals surface area contributed by atoms with Crippen LogP contribution in [0.2, 0.25) is 0 Å². The van der Waals surface area contributed by atoms with Gasteiger partial charge in [0.2, 0.25) is 15.9 Å². The van der Waals surface area contributed by atoms with Crippen LogP contribution in [0.4, 0.5) is 10.1 Å². The molecule has 7 heteroatoms. The van der Waals surface area contributed by atoms with Crippen LogP contribution in [0.15, 0.2) is 47.4 Å². The number of likely N-dealkylation sites (N-methyl/N-ethyl adjacent to an activating group) is 1. The molecule has 25 heavy (non-hydrogen) atoms. The third kappa shape index (κ3) is 4.43. The smallest absolute Gasteiger partial charge is 0.243 e. The number of hydrogen-bond acceptors (Lipinski definition) is 3. The third-order valence-electron chi connectivity index (χ3n) is 4.00. The molecule has 0 radical (unpaired) electrons. The summed E-state index contributed by atoms with van der Waals surface area (Å²) in [6, 6.07) is 10.1. The average Bonchev–Trinajstić information content (AvgIpc) is 2.57. The molecule has 134 valence electrons. The highest BCUT2D eigenvalue weighted by atomic mass is 32.2. The number of rotatable bonds is 6. The number of anilines is 1. The van der Waals surface area contributed by atoms with E-state index in [0.717, 1.165) is 27.6 Å². The molecule has 0 saturated heterocycles. The lowest BCUT2D eigenvalue weighted by atomic mass is 10.1. The normalized spacial score (nSPS) is 11.6. The lowest BCUT2D eigenvalue weighted by Gasteiger charge is -2.20. The van der Waals surface area contributed by atoms with Gasteiger partial charge in [-0.1, -0.05) is 19.1 Å². The van der Waals surface area contributed by atoms with Crippen LogP contribution in [0.1, 0.15) is 18.1 Å². The molecule has 2 aromatic rings. The minimum Gasteiger partial charge on any atom is -0.325 e. The third-order valence-corrected chi connectivity index (χ3v) is 5.94. The Morgan fingerprint density at radius 3 is 2.36 bits per heavy atom. The number of nitrogens with one attached hydrogen (secondary N) is 1. The summed E-state index contributed by atoms with van der Waals surface area (Å²) < 4.78 is 39.3. The number of carbonyl (C=O) groups excluding carboxylic acids is 1. The summed E-state index contributed by atoms with van der Waals surface area (Å²) in [5.74, 6) is -0.948. The molecule has 0 atom stereocenters. The van der Waals surface area contributed by atoms with Gasteiger partial charge in [0.15, 0.2) is 0 Å². The molecule has 1 N–H and O–H groups in total. The van der Waals surface area contributed by atoms with Gasteiger partial charge in [0.25, 0.3) is 0 Å². The molecule has 0 fully saturated rings. The first-order valence-electron chi connectivity index (χ1n) is 7.87. The van der Waals surface area contributed by atoms with Crippen molar-refractivity contribution in [1.29, 1.82) is 0 Å². The molecular weight excluding hydrogens is 343 g/mol. The van der Waals surface area contributed by atoms with E-state index in [0.29, 0.717) is 5.69 Å². The lowest BCUT2D eigenvalue weighted by Crippen LogP contribution is -2.37. The highest BCUT2D eigenvalue weighted by Crippen LogP contribution is 2.19. The number of hydrogen-bond donors (Lipinski definition) is 1. The first kappa shape index (κ1) is 19.1. The van der Waals surface area contributed by atoms with Gasteiger partial charge >= 0.3 is 0 Å². The Hall–Kier alpha value is -2.25. The Bertz CT molecular complexity index is 864. The predicted octanol–water partition coefficient (Wildman–Crippen LogP) is 3.09. The van der Waals surface area contributed by atoms with E-state index < -0.39 is 21.7 Å². The van der Waals surface area contributed by atoms with Gasteiger partial charge in [-0.2, -0.15) is 4.31 Å². The van der Waals surface area contributed by atoms with Gasteiger partial charge in [0.05, 0.1) is 11.4 Å². The van der Waals surface area contributed by atoms with E-state index in [4.69, 9.17) is 0 Å². The molecule has 0 aliphatic heterocycles. The van der Waals surface area contributed by atoms with Crippen LogP contribution in [-0.4, -0.2) is 31.7 Å². The summed E-state index contributed by atoms with van der Waals surface area (Å²) >= 11 is 0. The van der Waals surface area contributed by atoms with Crippen molar-refractivity contribution in [3.05, 3.63) is 59.4 Å². The molecule has 0 saturated carbocycles. The summed E-state index contributed by atoms with van der Waals surface area (Å²) in [6.45, 7) is 5.27. The number of nitrogens with zero attached hydrogens (tertiary/aromatic N) is 1. The maximum absolute atomic E-state index is 13.0. The molecule has 2 rings (SSSR count). The highest BCUT2D eigenvalue weighted by Gasteiger charge is 2.25. The second-order valence-electron chi connectivity index (χ2n) is 5.68. The first-order chi connectivity index (χ1) is 11.8. The van der Waals surface area contributed by atoms with Crippen LogP contribution in [0.3, 0.4) is 0 Å². The van der Waals surface area contributed by atoms with Crippen molar-refractivity contribution in [2.75, 3.05) is 18.4 Å². The summed E-state index contributed by atoms with van der Waals surface area (Å²) in [5, 5.41) is 2.74. The summed E-state index contributed by atoms with van der Waals surface area (Å²) in [7, 11) is -3.87. The maximum atomic E-state index is 13.0. The number of carbonyl (C=O) groups is 1. The lowest BCUT2D eigenvalue weighted by molar-refractivity contribution is -0.116. The first-order valence-corrected chi connectivity index (χ1v) is 9.31. The maximum Gasteiger partial charge on any atom is 0.243 e. The Morgan fingerprint density at radius 1 is 1.12 bits per heavy atom. The zero-order valence-electron chi connectivity index (χ0n) is 14.4. The molecule has 0 bridgehead atoms. The van der Waals surface area contributed by atoms with E-state index in [-0.39, 0.29) is 18.0 Å². The van der Waals surface area contributed by atoms with Gasteiger partial charge in [-0.3, -0.25) is 4.79 Å². The van der Waals surface area contributed by atoms with E-state index in [2.05, 4.69) is 5.32 Å². The quantitative estimate of drug-likeness (QED) is 0.856. The van der Waals surface area contributed by atoms with Gasteiger partial charge < -0.3 is 5.32 Å². The second-order valence-corrected chi connectivity index (χ2v) is 7.62. The van der Waals surface area contributed by atoms with Crippen molar-refractivity contribution in [3.8, 4) is 0 Å². The zero-order valence-corrected chi connectivity index (χ0v) is 15.2. The van der Waals surface area contributed by atoms with Crippen molar-refractivity contribution in [3.63, 3.8) is 0 Å². The van der Waals surface area contributed by atoms with Crippen molar-refractivity contribution in [1.82, 2.24) is 4.31 Å². The van der Waals surface area contributed by atoms with E-state index in [1.807, 2.05) is 26.0 Å². The molecule has 0 aliphatic carbocycles.